The minimum absolute atomic E-state index is 0.0773. The molecule has 0 aliphatic carbocycles. The molecule has 5 nitrogen and oxygen atoms in total. The molecule has 1 aromatic carbocycles. The number of carbonyl (C=O) groups excluding carboxylic acids is 2. The highest BCUT2D eigenvalue weighted by Crippen LogP contribution is 2.30. The number of benzene rings is 1. The van der Waals surface area contributed by atoms with Crippen LogP contribution in [-0.2, 0) is 9.59 Å². The Balaban J connectivity index is 2.00. The van der Waals surface area contributed by atoms with Gasteiger partial charge in [0.2, 0.25) is 0 Å². The standard InChI is InChI=1S/C17H14N2O3S/c1-18-15(20)13(16(21)19(2)17(18)23)8-7-11-9-10-22-14-6-4-3-5-12(11)14/h3-10H,1-2H3. The largest absolute Gasteiger partial charge is 0.464 e. The van der Waals surface area contributed by atoms with Crippen molar-refractivity contribution in [3.63, 3.8) is 0 Å². The number of hydrogen-bond donors (Lipinski definition) is 0. The first-order valence-corrected chi connectivity index (χ1v) is 7.36. The van der Waals surface area contributed by atoms with Gasteiger partial charge in [-0.2, -0.15) is 0 Å². The minimum Gasteiger partial charge on any atom is -0.464 e. The van der Waals surface area contributed by atoms with Crippen molar-refractivity contribution in [2.45, 2.75) is 0 Å². The Morgan fingerprint density at radius 1 is 1.04 bits per heavy atom. The molecule has 0 unspecified atom stereocenters. The van der Waals surface area contributed by atoms with E-state index in [4.69, 9.17) is 17.0 Å². The summed E-state index contributed by atoms with van der Waals surface area (Å²) in [7, 11) is 3.11. The maximum Gasteiger partial charge on any atom is 0.265 e. The van der Waals surface area contributed by atoms with Gasteiger partial charge in [-0.1, -0.05) is 24.3 Å². The summed E-state index contributed by atoms with van der Waals surface area (Å²) in [5.41, 5.74) is 1.84. The third-order valence-corrected chi connectivity index (χ3v) is 4.26. The molecule has 1 fully saturated rings. The molecule has 0 saturated carbocycles. The van der Waals surface area contributed by atoms with Crippen molar-refractivity contribution in [3.8, 4) is 5.75 Å². The fourth-order valence-corrected chi connectivity index (χ4v) is 2.56. The van der Waals surface area contributed by atoms with E-state index < -0.39 is 11.8 Å². The van der Waals surface area contributed by atoms with Crippen molar-refractivity contribution in [2.75, 3.05) is 14.1 Å². The van der Waals surface area contributed by atoms with E-state index in [1.54, 1.807) is 32.5 Å². The number of thiocarbonyl (C=S) groups is 1. The van der Waals surface area contributed by atoms with Gasteiger partial charge in [0.15, 0.2) is 5.11 Å². The third-order valence-electron chi connectivity index (χ3n) is 3.71. The first kappa shape index (κ1) is 15.2. The van der Waals surface area contributed by atoms with Crippen molar-refractivity contribution in [3.05, 3.63) is 59.9 Å². The van der Waals surface area contributed by atoms with Crippen LogP contribution in [0.1, 0.15) is 5.56 Å². The molecule has 0 N–H and O–H groups in total. The van der Waals surface area contributed by atoms with Crippen LogP contribution in [0.3, 0.4) is 0 Å². The van der Waals surface area contributed by atoms with Crippen molar-refractivity contribution < 1.29 is 14.3 Å². The second-order valence-corrected chi connectivity index (χ2v) is 5.50. The molecule has 2 aliphatic rings. The van der Waals surface area contributed by atoms with Crippen LogP contribution in [-0.4, -0.2) is 40.8 Å². The van der Waals surface area contributed by atoms with Gasteiger partial charge in [0.1, 0.15) is 11.3 Å². The van der Waals surface area contributed by atoms with Crippen molar-refractivity contribution >= 4 is 34.7 Å². The Hall–Kier alpha value is -2.73. The SMILES string of the molecule is CN1C(=O)C(=CC=C2C=COc3ccccc32)C(=O)N(C)C1=S. The molecule has 116 valence electrons. The first-order chi connectivity index (χ1) is 11.0. The van der Waals surface area contributed by atoms with Crippen LogP contribution >= 0.6 is 12.2 Å². The zero-order chi connectivity index (χ0) is 16.6. The van der Waals surface area contributed by atoms with Crippen LogP contribution in [0.2, 0.25) is 0 Å². The number of para-hydroxylation sites is 1. The fraction of sp³-hybridized carbons (Fsp3) is 0.118. The van der Waals surface area contributed by atoms with Gasteiger partial charge in [-0.25, -0.2) is 0 Å². The maximum absolute atomic E-state index is 12.3. The summed E-state index contributed by atoms with van der Waals surface area (Å²) < 4.78 is 5.43. The van der Waals surface area contributed by atoms with Gasteiger partial charge >= 0.3 is 0 Å². The van der Waals surface area contributed by atoms with Gasteiger partial charge in [-0.15, -0.1) is 0 Å². The van der Waals surface area contributed by atoms with Crippen LogP contribution in [0.15, 0.2) is 54.3 Å². The number of rotatable bonds is 1. The molecule has 0 radical (unpaired) electrons. The number of amides is 2. The summed E-state index contributed by atoms with van der Waals surface area (Å²) in [6.07, 6.45) is 6.63. The summed E-state index contributed by atoms with van der Waals surface area (Å²) in [6, 6.07) is 7.56. The molecule has 6 heteroatoms. The molecular formula is C17H14N2O3S. The van der Waals surface area contributed by atoms with Crippen LogP contribution in [0.25, 0.3) is 5.57 Å². The van der Waals surface area contributed by atoms with E-state index in [1.165, 1.54) is 15.9 Å². The molecule has 0 aromatic heterocycles. The van der Waals surface area contributed by atoms with Crippen LogP contribution < -0.4 is 4.74 Å². The number of ether oxygens (including phenoxy) is 1. The average molecular weight is 326 g/mol. The second kappa shape index (κ2) is 5.81. The monoisotopic (exact) mass is 326 g/mol. The van der Waals surface area contributed by atoms with Crippen LogP contribution in [0.5, 0.6) is 5.75 Å². The van der Waals surface area contributed by atoms with Crippen molar-refractivity contribution in [1.82, 2.24) is 9.80 Å². The summed E-state index contributed by atoms with van der Waals surface area (Å²) in [6.45, 7) is 0. The molecule has 0 atom stereocenters. The Morgan fingerprint density at radius 3 is 2.39 bits per heavy atom. The number of likely N-dealkylation sites (N-methyl/N-ethyl adjacent to an activating group) is 2. The predicted molar refractivity (Wildman–Crippen MR) is 90.4 cm³/mol. The van der Waals surface area contributed by atoms with Gasteiger partial charge in [-0.05, 0) is 36.0 Å². The van der Waals surface area contributed by atoms with Gasteiger partial charge in [0, 0.05) is 19.7 Å². The molecule has 2 amide bonds. The highest BCUT2D eigenvalue weighted by Gasteiger charge is 2.34. The molecule has 0 spiro atoms. The molecule has 0 bridgehead atoms. The second-order valence-electron chi connectivity index (χ2n) is 5.13. The van der Waals surface area contributed by atoms with Crippen molar-refractivity contribution in [1.29, 1.82) is 0 Å². The normalized spacial score (nSPS) is 19.1. The molecular weight excluding hydrogens is 312 g/mol. The zero-order valence-electron chi connectivity index (χ0n) is 12.6. The minimum atomic E-state index is -0.403. The molecule has 2 heterocycles. The summed E-state index contributed by atoms with van der Waals surface area (Å²) in [5, 5.41) is 0.195. The van der Waals surface area contributed by atoms with Crippen LogP contribution in [0.4, 0.5) is 0 Å². The van der Waals surface area contributed by atoms with E-state index in [0.717, 1.165) is 16.9 Å². The molecule has 3 rings (SSSR count). The van der Waals surface area contributed by atoms with E-state index >= 15 is 0 Å². The number of hydrogen-bond acceptors (Lipinski definition) is 4. The lowest BCUT2D eigenvalue weighted by atomic mass is 10.0. The Morgan fingerprint density at radius 2 is 1.70 bits per heavy atom. The van der Waals surface area contributed by atoms with Gasteiger partial charge in [0.05, 0.1) is 6.26 Å². The highest BCUT2D eigenvalue weighted by atomic mass is 32.1. The molecule has 2 aliphatic heterocycles. The van der Waals surface area contributed by atoms with E-state index in [2.05, 4.69) is 0 Å². The highest BCUT2D eigenvalue weighted by molar-refractivity contribution is 7.80. The molecule has 1 saturated heterocycles. The van der Waals surface area contributed by atoms with Gasteiger partial charge in [-0.3, -0.25) is 19.4 Å². The summed E-state index contributed by atoms with van der Waals surface area (Å²) in [4.78, 5) is 27.1. The van der Waals surface area contributed by atoms with E-state index in [-0.39, 0.29) is 10.7 Å². The topological polar surface area (TPSA) is 49.9 Å². The fourth-order valence-electron chi connectivity index (χ4n) is 2.39. The first-order valence-electron chi connectivity index (χ1n) is 6.95. The van der Waals surface area contributed by atoms with E-state index in [1.807, 2.05) is 24.3 Å². The quantitative estimate of drug-likeness (QED) is 0.451. The lowest BCUT2D eigenvalue weighted by Crippen LogP contribution is -2.52. The Kier molecular flexibility index (Phi) is 3.83. The predicted octanol–water partition coefficient (Wildman–Crippen LogP) is 2.12. The van der Waals surface area contributed by atoms with Gasteiger partial charge in [0.25, 0.3) is 11.8 Å². The smallest absolute Gasteiger partial charge is 0.265 e. The van der Waals surface area contributed by atoms with Crippen molar-refractivity contribution in [2.24, 2.45) is 0 Å². The lowest BCUT2D eigenvalue weighted by molar-refractivity contribution is -0.132. The maximum atomic E-state index is 12.3. The number of nitrogens with zero attached hydrogens (tertiary/aromatic N) is 2. The molecule has 23 heavy (non-hydrogen) atoms. The number of fused-ring (bicyclic) bond motifs is 1. The zero-order valence-corrected chi connectivity index (χ0v) is 13.5. The van der Waals surface area contributed by atoms with Crippen LogP contribution in [0, 0.1) is 0 Å². The average Bonchev–Trinajstić information content (AvgIpc) is 2.58. The summed E-state index contributed by atoms with van der Waals surface area (Å²) in [5.74, 6) is -0.0742. The van der Waals surface area contributed by atoms with E-state index in [0.29, 0.717) is 0 Å². The molecule has 1 aromatic rings. The number of carbonyl (C=O) groups is 2. The lowest BCUT2D eigenvalue weighted by Gasteiger charge is -2.31. The number of allylic oxidation sites excluding steroid dienone is 4. The van der Waals surface area contributed by atoms with Gasteiger partial charge < -0.3 is 4.74 Å². The summed E-state index contributed by atoms with van der Waals surface area (Å²) >= 11 is 5.06. The third kappa shape index (κ3) is 2.57. The Labute approximate surface area is 139 Å². The Bertz CT molecular complexity index is 782. The van der Waals surface area contributed by atoms with E-state index in [9.17, 15) is 9.59 Å².